The van der Waals surface area contributed by atoms with Gasteiger partial charge in [-0.05, 0) is 60.9 Å². The summed E-state index contributed by atoms with van der Waals surface area (Å²) in [6, 6.07) is 17.9. The van der Waals surface area contributed by atoms with Gasteiger partial charge in [-0.2, -0.15) is 0 Å². The molecule has 0 radical (unpaired) electrons. The first-order valence-corrected chi connectivity index (χ1v) is 11.4. The van der Waals surface area contributed by atoms with Crippen molar-refractivity contribution in [3.8, 4) is 11.5 Å². The molecule has 0 saturated carbocycles. The maximum Gasteiger partial charge on any atom is 0.246 e. The third kappa shape index (κ3) is 6.45. The van der Waals surface area contributed by atoms with Gasteiger partial charge in [-0.15, -0.1) is 0 Å². The average molecular weight is 443 g/mol. The summed E-state index contributed by atoms with van der Waals surface area (Å²) in [6.45, 7) is 6.03. The van der Waals surface area contributed by atoms with Crippen molar-refractivity contribution >= 4 is 12.0 Å². The van der Waals surface area contributed by atoms with Gasteiger partial charge in [0.2, 0.25) is 5.91 Å². The Morgan fingerprint density at radius 1 is 1.09 bits per heavy atom. The van der Waals surface area contributed by atoms with Gasteiger partial charge in [-0.25, -0.2) is 0 Å². The number of hydrogen-bond acceptors (Lipinski definition) is 4. The number of pyridine rings is 1. The minimum atomic E-state index is 0.0390. The van der Waals surface area contributed by atoms with Crippen molar-refractivity contribution in [3.05, 3.63) is 95.3 Å². The second-order valence-electron chi connectivity index (χ2n) is 8.46. The van der Waals surface area contributed by atoms with Crippen molar-refractivity contribution in [1.82, 2.24) is 9.88 Å². The summed E-state index contributed by atoms with van der Waals surface area (Å²) in [7, 11) is 0. The Kier molecular flexibility index (Phi) is 7.40. The van der Waals surface area contributed by atoms with Crippen LogP contribution in [0.25, 0.3) is 6.08 Å². The van der Waals surface area contributed by atoms with Crippen molar-refractivity contribution in [2.24, 2.45) is 0 Å². The molecular formula is C28H30N2O3. The van der Waals surface area contributed by atoms with E-state index in [1.807, 2.05) is 47.4 Å². The number of piperidine rings is 1. The Balaban J connectivity index is 1.24. The largest absolute Gasteiger partial charge is 0.490 e. The number of amides is 1. The van der Waals surface area contributed by atoms with E-state index in [2.05, 4.69) is 37.0 Å². The Labute approximate surface area is 195 Å². The van der Waals surface area contributed by atoms with Gasteiger partial charge < -0.3 is 14.4 Å². The first kappa shape index (κ1) is 22.6. The lowest BCUT2D eigenvalue weighted by atomic mass is 10.1. The number of ether oxygens (including phenoxy) is 2. The highest BCUT2D eigenvalue weighted by molar-refractivity contribution is 5.91. The maximum absolute atomic E-state index is 12.6. The molecule has 33 heavy (non-hydrogen) atoms. The van der Waals surface area contributed by atoms with Crippen LogP contribution in [0.1, 0.15) is 35.1 Å². The third-order valence-electron chi connectivity index (χ3n) is 5.82. The summed E-state index contributed by atoms with van der Waals surface area (Å²) >= 11 is 0. The molecule has 1 aliphatic rings. The van der Waals surface area contributed by atoms with Gasteiger partial charge in [0.05, 0.1) is 0 Å². The average Bonchev–Trinajstić information content (AvgIpc) is 2.85. The molecule has 5 nitrogen and oxygen atoms in total. The van der Waals surface area contributed by atoms with E-state index in [0.29, 0.717) is 19.7 Å². The molecule has 170 valence electrons. The number of benzene rings is 2. The van der Waals surface area contributed by atoms with Crippen molar-refractivity contribution < 1.29 is 14.3 Å². The second-order valence-corrected chi connectivity index (χ2v) is 8.46. The summed E-state index contributed by atoms with van der Waals surface area (Å²) in [6.07, 6.45) is 8.88. The van der Waals surface area contributed by atoms with Crippen molar-refractivity contribution in [2.75, 3.05) is 13.1 Å². The van der Waals surface area contributed by atoms with E-state index in [9.17, 15) is 4.79 Å². The number of nitrogens with zero attached hydrogens (tertiary/aromatic N) is 2. The van der Waals surface area contributed by atoms with E-state index >= 15 is 0 Å². The quantitative estimate of drug-likeness (QED) is 0.462. The van der Waals surface area contributed by atoms with Crippen LogP contribution in [0.5, 0.6) is 11.5 Å². The van der Waals surface area contributed by atoms with Gasteiger partial charge in [-0.3, -0.25) is 9.78 Å². The number of aryl methyl sites for hydroxylation is 2. The summed E-state index contributed by atoms with van der Waals surface area (Å²) in [5.41, 5.74) is 4.33. The monoisotopic (exact) mass is 442 g/mol. The van der Waals surface area contributed by atoms with Crippen LogP contribution in [0.4, 0.5) is 0 Å². The van der Waals surface area contributed by atoms with Crippen molar-refractivity contribution in [2.45, 2.75) is 39.4 Å². The highest BCUT2D eigenvalue weighted by Gasteiger charge is 2.23. The molecule has 0 atom stereocenters. The molecule has 1 fully saturated rings. The van der Waals surface area contributed by atoms with Gasteiger partial charge in [-0.1, -0.05) is 30.3 Å². The Hall–Kier alpha value is -3.60. The van der Waals surface area contributed by atoms with Crippen LogP contribution in [0, 0.1) is 13.8 Å². The smallest absolute Gasteiger partial charge is 0.246 e. The number of likely N-dealkylation sites (tertiary alicyclic amines) is 1. The SMILES string of the molecule is Cc1ccc(C)c(OC2CCN(C(=O)/C=C/c3ccc(OCc4cccnc4)cc3)CC2)c1. The van der Waals surface area contributed by atoms with E-state index in [0.717, 1.165) is 41.0 Å². The fraction of sp³-hybridized carbons (Fsp3) is 0.286. The van der Waals surface area contributed by atoms with Gasteiger partial charge in [0.15, 0.2) is 0 Å². The summed E-state index contributed by atoms with van der Waals surface area (Å²) in [4.78, 5) is 18.6. The topological polar surface area (TPSA) is 51.7 Å². The van der Waals surface area contributed by atoms with E-state index in [1.54, 1.807) is 18.5 Å². The van der Waals surface area contributed by atoms with Crippen LogP contribution in [0.3, 0.4) is 0 Å². The number of carbonyl (C=O) groups is 1. The van der Waals surface area contributed by atoms with Crippen LogP contribution < -0.4 is 9.47 Å². The molecule has 1 aliphatic heterocycles. The summed E-state index contributed by atoms with van der Waals surface area (Å²) in [5, 5.41) is 0. The number of carbonyl (C=O) groups excluding carboxylic acids is 1. The fourth-order valence-electron chi connectivity index (χ4n) is 3.81. The zero-order chi connectivity index (χ0) is 23.0. The first-order chi connectivity index (χ1) is 16.1. The molecule has 1 aromatic heterocycles. The van der Waals surface area contributed by atoms with Crippen molar-refractivity contribution in [3.63, 3.8) is 0 Å². The molecule has 1 amide bonds. The molecule has 0 unspecified atom stereocenters. The Bertz CT molecular complexity index is 1090. The zero-order valence-electron chi connectivity index (χ0n) is 19.2. The lowest BCUT2D eigenvalue weighted by Gasteiger charge is -2.32. The first-order valence-electron chi connectivity index (χ1n) is 11.4. The fourth-order valence-corrected chi connectivity index (χ4v) is 3.81. The van der Waals surface area contributed by atoms with E-state index in [-0.39, 0.29) is 12.0 Å². The molecule has 5 heteroatoms. The minimum Gasteiger partial charge on any atom is -0.490 e. The van der Waals surface area contributed by atoms with E-state index in [1.165, 1.54) is 5.56 Å². The third-order valence-corrected chi connectivity index (χ3v) is 5.82. The molecular weight excluding hydrogens is 412 g/mol. The lowest BCUT2D eigenvalue weighted by molar-refractivity contribution is -0.127. The van der Waals surface area contributed by atoms with Crippen LogP contribution in [-0.4, -0.2) is 35.0 Å². The number of aromatic nitrogens is 1. The number of rotatable bonds is 7. The van der Waals surface area contributed by atoms with Gasteiger partial charge in [0.1, 0.15) is 24.2 Å². The second kappa shape index (κ2) is 10.8. The Morgan fingerprint density at radius 2 is 1.88 bits per heavy atom. The molecule has 0 spiro atoms. The molecule has 2 aromatic carbocycles. The maximum atomic E-state index is 12.6. The highest BCUT2D eigenvalue weighted by Crippen LogP contribution is 2.24. The highest BCUT2D eigenvalue weighted by atomic mass is 16.5. The lowest BCUT2D eigenvalue weighted by Crippen LogP contribution is -2.41. The van der Waals surface area contributed by atoms with Gasteiger partial charge in [0, 0.05) is 50.0 Å². The standard InChI is InChI=1S/C28H30N2O3/c1-21-5-6-22(2)27(18-21)33-26-13-16-30(17-14-26)28(31)12-9-23-7-10-25(11-8-23)32-20-24-4-3-15-29-19-24/h3-12,15,18-19,26H,13-14,16-17,20H2,1-2H3/b12-9+. The normalized spacial score (nSPS) is 14.4. The predicted octanol–water partition coefficient (Wildman–Crippen LogP) is 5.36. The molecule has 3 aromatic rings. The van der Waals surface area contributed by atoms with Crippen LogP contribution >= 0.6 is 0 Å². The van der Waals surface area contributed by atoms with Crippen LogP contribution in [0.15, 0.2) is 73.1 Å². The van der Waals surface area contributed by atoms with E-state index < -0.39 is 0 Å². The molecule has 0 N–H and O–H groups in total. The minimum absolute atomic E-state index is 0.0390. The number of hydrogen-bond donors (Lipinski definition) is 0. The van der Waals surface area contributed by atoms with Crippen LogP contribution in [-0.2, 0) is 11.4 Å². The van der Waals surface area contributed by atoms with Crippen LogP contribution in [0.2, 0.25) is 0 Å². The van der Waals surface area contributed by atoms with Crippen molar-refractivity contribution in [1.29, 1.82) is 0 Å². The molecule has 0 bridgehead atoms. The summed E-state index contributed by atoms with van der Waals surface area (Å²) in [5.74, 6) is 1.78. The van der Waals surface area contributed by atoms with Gasteiger partial charge in [0.25, 0.3) is 0 Å². The van der Waals surface area contributed by atoms with E-state index in [4.69, 9.17) is 9.47 Å². The molecule has 2 heterocycles. The zero-order valence-corrected chi connectivity index (χ0v) is 19.2. The molecule has 4 rings (SSSR count). The molecule has 0 aliphatic carbocycles. The Morgan fingerprint density at radius 3 is 2.61 bits per heavy atom. The molecule has 1 saturated heterocycles. The predicted molar refractivity (Wildman–Crippen MR) is 130 cm³/mol. The summed E-state index contributed by atoms with van der Waals surface area (Å²) < 4.78 is 12.0. The van der Waals surface area contributed by atoms with Gasteiger partial charge >= 0.3 is 0 Å².